The Morgan fingerprint density at radius 2 is 1.26 bits per heavy atom. The number of aldehydes is 1. The first-order valence-electron chi connectivity index (χ1n) is 23.3. The Labute approximate surface area is 398 Å². The highest BCUT2D eigenvalue weighted by molar-refractivity contribution is 6.06. The Bertz CT molecular complexity index is 2180. The smallest absolute Gasteiger partial charge is 0.255 e. The van der Waals surface area contributed by atoms with Gasteiger partial charge in [-0.2, -0.15) is 0 Å². The van der Waals surface area contributed by atoms with Crippen molar-refractivity contribution in [3.63, 3.8) is 0 Å². The van der Waals surface area contributed by atoms with Crippen molar-refractivity contribution in [2.45, 2.75) is 43.9 Å². The molecule has 2 aliphatic rings. The molecule has 68 heavy (non-hydrogen) atoms. The maximum atomic E-state index is 13.8. The lowest BCUT2D eigenvalue weighted by molar-refractivity contribution is -0.111. The molecule has 4 aromatic rings. The van der Waals surface area contributed by atoms with Crippen LogP contribution >= 0.6 is 0 Å². The largest absolute Gasteiger partial charge is 0.490 e. The Morgan fingerprint density at radius 3 is 1.87 bits per heavy atom. The third kappa shape index (κ3) is 17.0. The van der Waals surface area contributed by atoms with Gasteiger partial charge in [0.1, 0.15) is 11.3 Å². The molecular weight excluding hydrogens is 875 g/mol. The first kappa shape index (κ1) is 52.0. The fourth-order valence-corrected chi connectivity index (χ4v) is 7.25. The fourth-order valence-electron chi connectivity index (χ4n) is 7.25. The molecule has 0 bridgehead atoms. The van der Waals surface area contributed by atoms with Gasteiger partial charge in [-0.15, -0.1) is 0 Å². The number of nitrogens with one attached hydrogen (secondary N) is 2. The number of hydrogen-bond acceptors (Lipinski definition) is 14. The van der Waals surface area contributed by atoms with Gasteiger partial charge in [-0.05, 0) is 84.8 Å². The molecule has 2 N–H and O–H groups in total. The minimum absolute atomic E-state index is 0.122. The van der Waals surface area contributed by atoms with Crippen LogP contribution in [0.1, 0.15) is 56.7 Å². The standard InChI is InChI=1S/C52H65N3O13/c1-59-19-20-60-21-22-61-23-24-62-25-26-63-27-28-64-29-30-65-31-32-66-33-34-67-38-40-7-4-9-42(35-40)50(57)54-48-15-14-45(68-44-11-5-12-44)37-46(48)49-36-43(16-18-53-49)51(58)55-52(39-56)17-6-10-41-8-2-3-13-47(41)52/h2-4,6-9,13-18,35-37,39,44H,5,10-12,19-34,38H2,1H3,(H,54,57)(H,55,58)/t52-/m1/s1. The Hall–Kier alpha value is -5.40. The normalized spacial score (nSPS) is 15.4. The van der Waals surface area contributed by atoms with E-state index in [2.05, 4.69) is 15.6 Å². The summed E-state index contributed by atoms with van der Waals surface area (Å²) in [5.41, 5.74) is 3.47. The summed E-state index contributed by atoms with van der Waals surface area (Å²) in [4.78, 5) is 44.8. The van der Waals surface area contributed by atoms with Crippen LogP contribution in [0.5, 0.6) is 5.75 Å². The van der Waals surface area contributed by atoms with Crippen LogP contribution in [-0.4, -0.2) is 142 Å². The Kier molecular flexibility index (Phi) is 22.5. The van der Waals surface area contributed by atoms with E-state index in [1.807, 2.05) is 54.6 Å². The second kappa shape index (κ2) is 29.5. The zero-order chi connectivity index (χ0) is 47.5. The molecular formula is C52H65N3O13. The van der Waals surface area contributed by atoms with Crippen molar-refractivity contribution in [3.05, 3.63) is 125 Å². The summed E-state index contributed by atoms with van der Waals surface area (Å²) in [7, 11) is 1.64. The molecule has 3 aromatic carbocycles. The molecule has 1 aromatic heterocycles. The van der Waals surface area contributed by atoms with E-state index in [1.165, 1.54) is 6.20 Å². The van der Waals surface area contributed by atoms with Gasteiger partial charge in [0.2, 0.25) is 0 Å². The first-order valence-corrected chi connectivity index (χ1v) is 23.3. The van der Waals surface area contributed by atoms with Gasteiger partial charge >= 0.3 is 0 Å². The van der Waals surface area contributed by atoms with Crippen LogP contribution in [-0.2, 0) is 66.0 Å². The second-order valence-electron chi connectivity index (χ2n) is 16.0. The number of hydrogen-bond donors (Lipinski definition) is 2. The number of ether oxygens (including phenoxy) is 10. The van der Waals surface area contributed by atoms with Gasteiger partial charge < -0.3 is 58.0 Å². The summed E-state index contributed by atoms with van der Waals surface area (Å²) >= 11 is 0. The van der Waals surface area contributed by atoms with Gasteiger partial charge in [-0.1, -0.05) is 48.6 Å². The van der Waals surface area contributed by atoms with Crippen LogP contribution in [0.25, 0.3) is 11.3 Å². The third-order valence-electron chi connectivity index (χ3n) is 11.1. The number of aromatic nitrogens is 1. The SMILES string of the molecule is COCCOCCOCCOCCOCCOCCOCCOCCOCc1cccc(C(=O)Nc2ccc(OC3CCC3)cc2-c2cc(C(=O)N[C@@]3(C=O)C=CCc4ccccc43)ccn2)c1. The van der Waals surface area contributed by atoms with Gasteiger partial charge in [0.25, 0.3) is 11.8 Å². The van der Waals surface area contributed by atoms with E-state index >= 15 is 0 Å². The van der Waals surface area contributed by atoms with Crippen LogP contribution in [0.15, 0.2) is 97.2 Å². The molecule has 0 saturated heterocycles. The van der Waals surface area contributed by atoms with Gasteiger partial charge in [0, 0.05) is 30.0 Å². The number of amides is 2. The molecule has 0 radical (unpaired) electrons. The van der Waals surface area contributed by atoms with E-state index < -0.39 is 11.4 Å². The number of pyridine rings is 1. The zero-order valence-corrected chi connectivity index (χ0v) is 39.0. The lowest BCUT2D eigenvalue weighted by atomic mass is 9.82. The maximum absolute atomic E-state index is 13.8. The molecule has 16 heteroatoms. The fraction of sp³-hybridized carbons (Fsp3) is 0.462. The van der Waals surface area contributed by atoms with E-state index in [9.17, 15) is 14.4 Å². The van der Waals surface area contributed by atoms with E-state index in [0.717, 1.165) is 42.2 Å². The van der Waals surface area contributed by atoms with Crippen molar-refractivity contribution in [3.8, 4) is 17.0 Å². The summed E-state index contributed by atoms with van der Waals surface area (Å²) in [6, 6.07) is 23.5. The summed E-state index contributed by atoms with van der Waals surface area (Å²) in [6.07, 6.45) is 9.76. The molecule has 0 aliphatic heterocycles. The lowest BCUT2D eigenvalue weighted by Crippen LogP contribution is -2.47. The number of anilines is 1. The van der Waals surface area contributed by atoms with Crippen molar-refractivity contribution < 1.29 is 61.8 Å². The van der Waals surface area contributed by atoms with Crippen molar-refractivity contribution in [1.82, 2.24) is 10.3 Å². The number of carbonyl (C=O) groups excluding carboxylic acids is 3. The van der Waals surface area contributed by atoms with E-state index in [0.29, 0.717) is 153 Å². The number of rotatable bonds is 34. The van der Waals surface area contributed by atoms with Crippen LogP contribution in [0, 0.1) is 0 Å². The van der Waals surface area contributed by atoms with E-state index in [1.54, 1.807) is 43.5 Å². The first-order chi connectivity index (χ1) is 33.5. The molecule has 1 atom stereocenters. The highest BCUT2D eigenvalue weighted by Crippen LogP contribution is 2.35. The molecule has 366 valence electrons. The van der Waals surface area contributed by atoms with Crippen molar-refractivity contribution in [2.75, 3.05) is 118 Å². The lowest BCUT2D eigenvalue weighted by Gasteiger charge is -2.31. The number of fused-ring (bicyclic) bond motifs is 1. The maximum Gasteiger partial charge on any atom is 0.255 e. The van der Waals surface area contributed by atoms with Crippen LogP contribution in [0.4, 0.5) is 5.69 Å². The summed E-state index contributed by atoms with van der Waals surface area (Å²) in [6.45, 7) is 7.96. The van der Waals surface area contributed by atoms with E-state index in [4.69, 9.17) is 47.4 Å². The molecule has 2 aliphatic carbocycles. The van der Waals surface area contributed by atoms with Gasteiger partial charge in [-0.3, -0.25) is 19.4 Å². The number of carbonyl (C=O) groups is 3. The average Bonchev–Trinajstić information content (AvgIpc) is 3.35. The molecule has 16 nitrogen and oxygen atoms in total. The van der Waals surface area contributed by atoms with Gasteiger partial charge in [0.15, 0.2) is 6.29 Å². The molecule has 1 saturated carbocycles. The van der Waals surface area contributed by atoms with Crippen molar-refractivity contribution in [1.29, 1.82) is 0 Å². The van der Waals surface area contributed by atoms with Crippen molar-refractivity contribution in [2.24, 2.45) is 0 Å². The number of methoxy groups -OCH3 is 1. The van der Waals surface area contributed by atoms with Crippen LogP contribution in [0.3, 0.4) is 0 Å². The third-order valence-corrected chi connectivity index (χ3v) is 11.1. The van der Waals surface area contributed by atoms with Gasteiger partial charge in [0.05, 0.1) is 130 Å². The van der Waals surface area contributed by atoms with Crippen LogP contribution < -0.4 is 15.4 Å². The number of allylic oxidation sites excluding steroid dienone is 1. The number of nitrogens with zero attached hydrogens (tertiary/aromatic N) is 1. The Balaban J connectivity index is 0.879. The summed E-state index contributed by atoms with van der Waals surface area (Å²) < 4.78 is 55.5. The molecule has 0 spiro atoms. The minimum Gasteiger partial charge on any atom is -0.490 e. The highest BCUT2D eigenvalue weighted by atomic mass is 16.6. The van der Waals surface area contributed by atoms with Crippen LogP contribution in [0.2, 0.25) is 0 Å². The molecule has 1 fully saturated rings. The zero-order valence-electron chi connectivity index (χ0n) is 39.0. The molecule has 6 rings (SSSR count). The predicted octanol–water partition coefficient (Wildman–Crippen LogP) is 6.15. The highest BCUT2D eigenvalue weighted by Gasteiger charge is 2.35. The van der Waals surface area contributed by atoms with E-state index in [-0.39, 0.29) is 12.0 Å². The summed E-state index contributed by atoms with van der Waals surface area (Å²) in [5, 5.41) is 6.01. The summed E-state index contributed by atoms with van der Waals surface area (Å²) in [5.74, 6) is -0.141. The average molecular weight is 940 g/mol. The molecule has 0 unspecified atom stereocenters. The topological polar surface area (TPSA) is 180 Å². The van der Waals surface area contributed by atoms with Crippen molar-refractivity contribution >= 4 is 23.8 Å². The van der Waals surface area contributed by atoms with Gasteiger partial charge in [-0.25, -0.2) is 0 Å². The second-order valence-corrected chi connectivity index (χ2v) is 16.0. The predicted molar refractivity (Wildman–Crippen MR) is 254 cm³/mol. The number of benzene rings is 3. The molecule has 1 heterocycles. The Morgan fingerprint density at radius 1 is 0.662 bits per heavy atom. The monoisotopic (exact) mass is 939 g/mol. The minimum atomic E-state index is -1.31. The molecule has 2 amide bonds. The quantitative estimate of drug-likeness (QED) is 0.0310.